The molecule has 0 saturated heterocycles. The summed E-state index contributed by atoms with van der Waals surface area (Å²) in [5.74, 6) is -0.390. The van der Waals surface area contributed by atoms with E-state index in [4.69, 9.17) is 10.5 Å². The number of allylic oxidation sites excluding steroid dienone is 8. The molecule has 0 aromatic carbocycles. The lowest BCUT2D eigenvalue weighted by Gasteiger charge is -2.15. The van der Waals surface area contributed by atoms with Crippen molar-refractivity contribution in [3.8, 4) is 0 Å². The largest absolute Gasteiger partial charge is 0.472 e. The van der Waals surface area contributed by atoms with E-state index in [0.29, 0.717) is 6.42 Å². The summed E-state index contributed by atoms with van der Waals surface area (Å²) < 4.78 is 25.7. The Morgan fingerprint density at radius 2 is 1.19 bits per heavy atom. The summed E-state index contributed by atoms with van der Waals surface area (Å²) >= 11 is 0. The third-order valence-electron chi connectivity index (χ3n) is 6.46. The van der Waals surface area contributed by atoms with Crippen LogP contribution >= 0.6 is 7.82 Å². The number of hydrogen-bond donors (Lipinski definition) is 3. The van der Waals surface area contributed by atoms with Gasteiger partial charge in [0.2, 0.25) is 0 Å². The summed E-state index contributed by atoms with van der Waals surface area (Å²) in [7, 11) is -4.25. The molecule has 244 valence electrons. The van der Waals surface area contributed by atoms with E-state index in [-0.39, 0.29) is 25.7 Å². The van der Waals surface area contributed by atoms with Crippen LogP contribution in [0.4, 0.5) is 0 Å². The van der Waals surface area contributed by atoms with Gasteiger partial charge in [-0.2, -0.15) is 0 Å². The molecular formula is C33H60NO7P. The van der Waals surface area contributed by atoms with Gasteiger partial charge in [-0.15, -0.1) is 0 Å². The summed E-state index contributed by atoms with van der Waals surface area (Å²) in [4.78, 5) is 21.1. The molecule has 0 aromatic heterocycles. The molecule has 0 aliphatic carbocycles. The SMILES string of the molecule is CC/C=C\C/C=C\C/C=C\C/C=C\CCCCCCCCCCCCCCC(=O)OCC(O)COP(=O)(O)OCCN. The van der Waals surface area contributed by atoms with Gasteiger partial charge in [0.1, 0.15) is 12.7 Å². The van der Waals surface area contributed by atoms with Gasteiger partial charge in [0, 0.05) is 13.0 Å². The Morgan fingerprint density at radius 1 is 0.714 bits per heavy atom. The molecule has 42 heavy (non-hydrogen) atoms. The van der Waals surface area contributed by atoms with Crippen molar-refractivity contribution in [1.29, 1.82) is 0 Å². The first-order valence-electron chi connectivity index (χ1n) is 16.2. The molecule has 0 aliphatic heterocycles. The number of phosphoric ester groups is 1. The van der Waals surface area contributed by atoms with Gasteiger partial charge >= 0.3 is 13.8 Å². The van der Waals surface area contributed by atoms with Crippen LogP contribution in [0.5, 0.6) is 0 Å². The topological polar surface area (TPSA) is 128 Å². The molecule has 0 bridgehead atoms. The van der Waals surface area contributed by atoms with E-state index in [1.807, 2.05) is 0 Å². The van der Waals surface area contributed by atoms with Gasteiger partial charge in [-0.25, -0.2) is 4.57 Å². The second-order valence-electron chi connectivity index (χ2n) is 10.5. The van der Waals surface area contributed by atoms with E-state index < -0.39 is 20.5 Å². The van der Waals surface area contributed by atoms with Crippen LogP contribution in [0.2, 0.25) is 0 Å². The van der Waals surface area contributed by atoms with E-state index in [2.05, 4.69) is 64.6 Å². The average Bonchev–Trinajstić information content (AvgIpc) is 2.98. The molecule has 0 rings (SSSR count). The van der Waals surface area contributed by atoms with Gasteiger partial charge in [0.15, 0.2) is 0 Å². The van der Waals surface area contributed by atoms with E-state index in [0.717, 1.165) is 44.9 Å². The Balaban J connectivity index is 3.41. The first-order chi connectivity index (χ1) is 20.4. The predicted octanol–water partition coefficient (Wildman–Crippen LogP) is 8.25. The van der Waals surface area contributed by atoms with Gasteiger partial charge < -0.3 is 20.5 Å². The van der Waals surface area contributed by atoms with Crippen LogP contribution in [0, 0.1) is 0 Å². The van der Waals surface area contributed by atoms with Crippen molar-refractivity contribution in [2.75, 3.05) is 26.4 Å². The van der Waals surface area contributed by atoms with E-state index in [1.54, 1.807) is 0 Å². The third kappa shape index (κ3) is 31.4. The smallest absolute Gasteiger partial charge is 0.463 e. The van der Waals surface area contributed by atoms with E-state index in [9.17, 15) is 19.4 Å². The first-order valence-corrected chi connectivity index (χ1v) is 17.7. The molecule has 8 nitrogen and oxygen atoms in total. The zero-order valence-electron chi connectivity index (χ0n) is 26.2. The number of ether oxygens (including phenoxy) is 1. The minimum atomic E-state index is -4.25. The molecule has 2 atom stereocenters. The van der Waals surface area contributed by atoms with Crippen LogP contribution in [-0.4, -0.2) is 48.4 Å². The Bertz CT molecular complexity index is 782. The molecule has 0 saturated carbocycles. The number of unbranched alkanes of at least 4 members (excludes halogenated alkanes) is 12. The van der Waals surface area contributed by atoms with Crippen molar-refractivity contribution >= 4 is 13.8 Å². The minimum absolute atomic E-state index is 0.0725. The molecule has 0 amide bonds. The number of esters is 1. The number of carbonyl (C=O) groups is 1. The minimum Gasteiger partial charge on any atom is -0.463 e. The number of phosphoric acid groups is 1. The fourth-order valence-corrected chi connectivity index (χ4v) is 4.86. The summed E-state index contributed by atoms with van der Waals surface area (Å²) in [6, 6.07) is 0. The van der Waals surface area contributed by atoms with Crippen LogP contribution in [-0.2, 0) is 23.1 Å². The Kier molecular flexibility index (Phi) is 29.8. The highest BCUT2D eigenvalue weighted by molar-refractivity contribution is 7.47. The Morgan fingerprint density at radius 3 is 1.71 bits per heavy atom. The molecule has 0 spiro atoms. The molecule has 0 aliphatic rings. The molecule has 0 fully saturated rings. The van der Waals surface area contributed by atoms with Crippen LogP contribution in [0.1, 0.15) is 122 Å². The number of rotatable bonds is 30. The summed E-state index contributed by atoms with van der Waals surface area (Å²) in [6.45, 7) is 1.33. The van der Waals surface area contributed by atoms with Gasteiger partial charge in [0.25, 0.3) is 0 Å². The van der Waals surface area contributed by atoms with Crippen LogP contribution < -0.4 is 5.73 Å². The van der Waals surface area contributed by atoms with Crippen LogP contribution in [0.25, 0.3) is 0 Å². The van der Waals surface area contributed by atoms with Gasteiger partial charge in [-0.3, -0.25) is 13.8 Å². The molecule has 4 N–H and O–H groups in total. The lowest BCUT2D eigenvalue weighted by atomic mass is 10.0. The van der Waals surface area contributed by atoms with Gasteiger partial charge in [-0.05, 0) is 44.9 Å². The number of carbonyl (C=O) groups excluding carboxylic acids is 1. The molecular weight excluding hydrogens is 553 g/mol. The first kappa shape index (κ1) is 40.5. The Hall–Kier alpha value is -1.54. The maximum atomic E-state index is 11.8. The Labute approximate surface area is 256 Å². The van der Waals surface area contributed by atoms with Crippen molar-refractivity contribution in [2.24, 2.45) is 5.73 Å². The summed E-state index contributed by atoms with van der Waals surface area (Å²) in [5.41, 5.74) is 5.19. The summed E-state index contributed by atoms with van der Waals surface area (Å²) in [5, 5.41) is 9.73. The molecule has 0 radical (unpaired) electrons. The van der Waals surface area contributed by atoms with Gasteiger partial charge in [0.05, 0.1) is 13.2 Å². The molecule has 2 unspecified atom stereocenters. The number of aliphatic hydroxyl groups is 1. The standard InChI is InChI=1S/C33H60NO7P/c1-2-3-4-5-6-7-8-9-10-11-12-13-14-15-16-17-18-19-20-21-22-23-24-25-26-27-33(36)39-30-32(35)31-41-42(37,38)40-29-28-34/h3-4,6-7,9-10,12-13,32,35H,2,5,8,11,14-31,34H2,1H3,(H,37,38)/b4-3-,7-6-,10-9-,13-12-. The number of aliphatic hydroxyl groups excluding tert-OH is 1. The maximum absolute atomic E-state index is 11.8. The van der Waals surface area contributed by atoms with Crippen molar-refractivity contribution < 1.29 is 33.1 Å². The zero-order valence-corrected chi connectivity index (χ0v) is 27.1. The fourth-order valence-electron chi connectivity index (χ4n) is 4.09. The maximum Gasteiger partial charge on any atom is 0.472 e. The van der Waals surface area contributed by atoms with Crippen molar-refractivity contribution in [1.82, 2.24) is 0 Å². The second-order valence-corrected chi connectivity index (χ2v) is 12.0. The van der Waals surface area contributed by atoms with Crippen molar-refractivity contribution in [3.05, 3.63) is 48.6 Å². The normalized spacial score (nSPS) is 14.5. The summed E-state index contributed by atoms with van der Waals surface area (Å²) in [6.07, 6.45) is 36.9. The monoisotopic (exact) mass is 613 g/mol. The van der Waals surface area contributed by atoms with E-state index >= 15 is 0 Å². The highest BCUT2D eigenvalue weighted by Gasteiger charge is 2.22. The molecule has 9 heteroatoms. The molecule has 0 heterocycles. The van der Waals surface area contributed by atoms with Crippen LogP contribution in [0.3, 0.4) is 0 Å². The zero-order chi connectivity index (χ0) is 31.0. The molecule has 0 aromatic rings. The van der Waals surface area contributed by atoms with Crippen molar-refractivity contribution in [3.63, 3.8) is 0 Å². The third-order valence-corrected chi connectivity index (χ3v) is 7.44. The van der Waals surface area contributed by atoms with Gasteiger partial charge in [-0.1, -0.05) is 120 Å². The second kappa shape index (κ2) is 30.9. The number of hydrogen-bond acceptors (Lipinski definition) is 7. The predicted molar refractivity (Wildman–Crippen MR) is 173 cm³/mol. The van der Waals surface area contributed by atoms with Crippen molar-refractivity contribution in [2.45, 2.75) is 129 Å². The van der Waals surface area contributed by atoms with E-state index in [1.165, 1.54) is 64.2 Å². The lowest BCUT2D eigenvalue weighted by Crippen LogP contribution is -2.23. The average molecular weight is 614 g/mol. The highest BCUT2D eigenvalue weighted by Crippen LogP contribution is 2.42. The number of nitrogens with two attached hydrogens (primary N) is 1. The highest BCUT2D eigenvalue weighted by atomic mass is 31.2. The lowest BCUT2D eigenvalue weighted by molar-refractivity contribution is -0.147. The fraction of sp³-hybridized carbons (Fsp3) is 0.727. The quantitative estimate of drug-likeness (QED) is 0.0320. The van der Waals surface area contributed by atoms with Crippen LogP contribution in [0.15, 0.2) is 48.6 Å².